The Morgan fingerprint density at radius 1 is 1.44 bits per heavy atom. The first-order chi connectivity index (χ1) is 7.59. The molecule has 16 heavy (non-hydrogen) atoms. The molecule has 2 atom stereocenters. The van der Waals surface area contributed by atoms with E-state index in [4.69, 9.17) is 5.11 Å². The van der Waals surface area contributed by atoms with Crippen molar-refractivity contribution in [1.82, 2.24) is 10.2 Å². The van der Waals surface area contributed by atoms with Crippen molar-refractivity contribution in [2.45, 2.75) is 25.8 Å². The number of carbonyl (C=O) groups excluding carboxylic acids is 1. The average molecular weight is 226 g/mol. The standard InChI is InChI=1S/C11H18N2O3/c1-7-9(11(15)16)2-3-13(7)10(14)4-8-5-12-6-8/h7-9,12H,2-6H2,1H3,(H,15,16). The van der Waals surface area contributed by atoms with Crippen molar-refractivity contribution in [2.75, 3.05) is 19.6 Å². The molecule has 2 fully saturated rings. The predicted molar refractivity (Wildman–Crippen MR) is 57.9 cm³/mol. The minimum absolute atomic E-state index is 0.114. The number of nitrogens with zero attached hydrogens (tertiary/aromatic N) is 1. The summed E-state index contributed by atoms with van der Waals surface area (Å²) in [6, 6.07) is -0.155. The number of carbonyl (C=O) groups is 2. The maximum atomic E-state index is 11.9. The van der Waals surface area contributed by atoms with E-state index in [0.29, 0.717) is 25.3 Å². The first kappa shape index (κ1) is 11.4. The molecule has 0 bridgehead atoms. The number of hydrogen-bond donors (Lipinski definition) is 2. The minimum Gasteiger partial charge on any atom is -0.481 e. The molecule has 0 aromatic rings. The SMILES string of the molecule is CC1C(C(=O)O)CCN1C(=O)CC1CNC1. The topological polar surface area (TPSA) is 69.6 Å². The Morgan fingerprint density at radius 3 is 2.56 bits per heavy atom. The van der Waals surface area contributed by atoms with Gasteiger partial charge in [-0.1, -0.05) is 0 Å². The second-order valence-electron chi connectivity index (χ2n) is 4.79. The molecule has 90 valence electrons. The van der Waals surface area contributed by atoms with Gasteiger partial charge in [-0.2, -0.15) is 0 Å². The van der Waals surface area contributed by atoms with E-state index in [1.165, 1.54) is 0 Å². The molecule has 0 radical (unpaired) electrons. The van der Waals surface area contributed by atoms with E-state index in [9.17, 15) is 9.59 Å². The van der Waals surface area contributed by atoms with Crippen LogP contribution in [0.5, 0.6) is 0 Å². The maximum absolute atomic E-state index is 11.9. The number of nitrogens with one attached hydrogen (secondary N) is 1. The van der Waals surface area contributed by atoms with E-state index < -0.39 is 5.97 Å². The Morgan fingerprint density at radius 2 is 2.12 bits per heavy atom. The highest BCUT2D eigenvalue weighted by molar-refractivity contribution is 5.79. The summed E-state index contributed by atoms with van der Waals surface area (Å²) in [5, 5.41) is 12.1. The number of hydrogen-bond acceptors (Lipinski definition) is 3. The third-order valence-corrected chi connectivity index (χ3v) is 3.72. The van der Waals surface area contributed by atoms with Crippen LogP contribution in [0.25, 0.3) is 0 Å². The van der Waals surface area contributed by atoms with Gasteiger partial charge in [0.2, 0.25) is 5.91 Å². The van der Waals surface area contributed by atoms with Crippen LogP contribution >= 0.6 is 0 Å². The van der Waals surface area contributed by atoms with Gasteiger partial charge < -0.3 is 15.3 Å². The van der Waals surface area contributed by atoms with Gasteiger partial charge in [0, 0.05) is 19.0 Å². The van der Waals surface area contributed by atoms with Crippen LogP contribution < -0.4 is 5.32 Å². The van der Waals surface area contributed by atoms with Gasteiger partial charge in [-0.15, -0.1) is 0 Å². The summed E-state index contributed by atoms with van der Waals surface area (Å²) >= 11 is 0. The molecule has 1 amide bonds. The van der Waals surface area contributed by atoms with Crippen molar-refractivity contribution in [2.24, 2.45) is 11.8 Å². The van der Waals surface area contributed by atoms with Crippen LogP contribution in [0.3, 0.4) is 0 Å². The highest BCUT2D eigenvalue weighted by atomic mass is 16.4. The molecule has 0 aromatic heterocycles. The third kappa shape index (κ3) is 2.04. The lowest BCUT2D eigenvalue weighted by atomic mass is 9.98. The third-order valence-electron chi connectivity index (χ3n) is 3.72. The number of likely N-dealkylation sites (tertiary alicyclic amines) is 1. The minimum atomic E-state index is -0.784. The molecular formula is C11H18N2O3. The first-order valence-corrected chi connectivity index (χ1v) is 5.82. The number of amides is 1. The molecular weight excluding hydrogens is 208 g/mol. The normalized spacial score (nSPS) is 30.2. The molecule has 0 saturated carbocycles. The summed E-state index contributed by atoms with van der Waals surface area (Å²) in [6.45, 7) is 4.26. The number of rotatable bonds is 3. The lowest BCUT2D eigenvalue weighted by Crippen LogP contribution is -2.46. The summed E-state index contributed by atoms with van der Waals surface area (Å²) in [5.41, 5.74) is 0. The highest BCUT2D eigenvalue weighted by Gasteiger charge is 2.38. The smallest absolute Gasteiger partial charge is 0.308 e. The Bertz CT molecular complexity index is 302. The zero-order chi connectivity index (χ0) is 11.7. The second-order valence-corrected chi connectivity index (χ2v) is 4.79. The molecule has 2 unspecified atom stereocenters. The lowest BCUT2D eigenvalue weighted by Gasteiger charge is -2.30. The van der Waals surface area contributed by atoms with Gasteiger partial charge in [-0.05, 0) is 32.4 Å². The fourth-order valence-corrected chi connectivity index (χ4v) is 2.48. The summed E-state index contributed by atoms with van der Waals surface area (Å²) in [4.78, 5) is 24.6. The number of carboxylic acids is 1. The van der Waals surface area contributed by atoms with Crippen LogP contribution in [0.15, 0.2) is 0 Å². The maximum Gasteiger partial charge on any atom is 0.308 e. The highest BCUT2D eigenvalue weighted by Crippen LogP contribution is 2.26. The van der Waals surface area contributed by atoms with Crippen LogP contribution in [-0.4, -0.2) is 47.6 Å². The van der Waals surface area contributed by atoms with E-state index in [1.54, 1.807) is 4.90 Å². The fourth-order valence-electron chi connectivity index (χ4n) is 2.48. The molecule has 2 heterocycles. The zero-order valence-electron chi connectivity index (χ0n) is 9.48. The molecule has 2 saturated heterocycles. The van der Waals surface area contributed by atoms with Crippen LogP contribution in [0.2, 0.25) is 0 Å². The quantitative estimate of drug-likeness (QED) is 0.706. The monoisotopic (exact) mass is 226 g/mol. The van der Waals surface area contributed by atoms with Crippen molar-refractivity contribution < 1.29 is 14.7 Å². The largest absolute Gasteiger partial charge is 0.481 e. The van der Waals surface area contributed by atoms with Gasteiger partial charge >= 0.3 is 5.97 Å². The van der Waals surface area contributed by atoms with Crippen molar-refractivity contribution in [3.05, 3.63) is 0 Å². The molecule has 5 nitrogen and oxygen atoms in total. The molecule has 0 spiro atoms. The van der Waals surface area contributed by atoms with E-state index in [-0.39, 0.29) is 17.9 Å². The van der Waals surface area contributed by atoms with Crippen LogP contribution in [0.4, 0.5) is 0 Å². The van der Waals surface area contributed by atoms with Gasteiger partial charge in [-0.25, -0.2) is 0 Å². The number of carboxylic acid groups (broad SMARTS) is 1. The van der Waals surface area contributed by atoms with Crippen molar-refractivity contribution in [1.29, 1.82) is 0 Å². The van der Waals surface area contributed by atoms with E-state index >= 15 is 0 Å². The van der Waals surface area contributed by atoms with Crippen LogP contribution in [0.1, 0.15) is 19.8 Å². The molecule has 2 aliphatic rings. The molecule has 0 aliphatic carbocycles. The Hall–Kier alpha value is -1.10. The van der Waals surface area contributed by atoms with Crippen LogP contribution in [0, 0.1) is 11.8 Å². The second kappa shape index (κ2) is 4.41. The van der Waals surface area contributed by atoms with Crippen molar-refractivity contribution >= 4 is 11.9 Å². The summed E-state index contributed by atoms with van der Waals surface area (Å²) in [7, 11) is 0. The Kier molecular flexibility index (Phi) is 3.14. The average Bonchev–Trinajstić information content (AvgIpc) is 2.53. The first-order valence-electron chi connectivity index (χ1n) is 5.82. The van der Waals surface area contributed by atoms with Crippen molar-refractivity contribution in [3.8, 4) is 0 Å². The molecule has 5 heteroatoms. The van der Waals surface area contributed by atoms with Gasteiger partial charge in [0.1, 0.15) is 0 Å². The Labute approximate surface area is 94.8 Å². The van der Waals surface area contributed by atoms with Gasteiger partial charge in [-0.3, -0.25) is 9.59 Å². The Balaban J connectivity index is 1.89. The summed E-state index contributed by atoms with van der Waals surface area (Å²) < 4.78 is 0. The van der Waals surface area contributed by atoms with E-state index in [2.05, 4.69) is 5.32 Å². The molecule has 2 aliphatic heterocycles. The van der Waals surface area contributed by atoms with Gasteiger partial charge in [0.25, 0.3) is 0 Å². The predicted octanol–water partition coefficient (Wildman–Crippen LogP) is -0.0825. The fraction of sp³-hybridized carbons (Fsp3) is 0.818. The molecule has 2 rings (SSSR count). The zero-order valence-corrected chi connectivity index (χ0v) is 9.48. The van der Waals surface area contributed by atoms with E-state index in [1.807, 2.05) is 6.92 Å². The molecule has 2 N–H and O–H groups in total. The van der Waals surface area contributed by atoms with Gasteiger partial charge in [0.15, 0.2) is 0 Å². The van der Waals surface area contributed by atoms with Gasteiger partial charge in [0.05, 0.1) is 5.92 Å². The molecule has 0 aromatic carbocycles. The lowest BCUT2D eigenvalue weighted by molar-refractivity contribution is -0.143. The van der Waals surface area contributed by atoms with Crippen LogP contribution in [-0.2, 0) is 9.59 Å². The summed E-state index contributed by atoms with van der Waals surface area (Å²) in [5.74, 6) is -0.608. The summed E-state index contributed by atoms with van der Waals surface area (Å²) in [6.07, 6.45) is 1.15. The van der Waals surface area contributed by atoms with E-state index in [0.717, 1.165) is 13.1 Å². The number of aliphatic carboxylic acids is 1. The van der Waals surface area contributed by atoms with Crippen molar-refractivity contribution in [3.63, 3.8) is 0 Å².